The van der Waals surface area contributed by atoms with Gasteiger partial charge in [-0.15, -0.1) is 0 Å². The van der Waals surface area contributed by atoms with E-state index < -0.39 is 0 Å². The summed E-state index contributed by atoms with van der Waals surface area (Å²) in [6.07, 6.45) is 3.76. The molecule has 2 aromatic carbocycles. The number of imidazole rings is 1. The van der Waals surface area contributed by atoms with Crippen LogP contribution in [0.4, 0.5) is 11.6 Å². The highest BCUT2D eigenvalue weighted by atomic mass is 35.5. The predicted octanol–water partition coefficient (Wildman–Crippen LogP) is 3.90. The van der Waals surface area contributed by atoms with Crippen LogP contribution in [0.15, 0.2) is 54.9 Å². The molecule has 1 aliphatic heterocycles. The van der Waals surface area contributed by atoms with E-state index in [-0.39, 0.29) is 5.91 Å². The average molecular weight is 424 g/mol. The summed E-state index contributed by atoms with van der Waals surface area (Å²) < 4.78 is 2.05. The quantitative estimate of drug-likeness (QED) is 0.676. The molecule has 0 spiro atoms. The van der Waals surface area contributed by atoms with Crippen LogP contribution in [0.3, 0.4) is 0 Å². The van der Waals surface area contributed by atoms with E-state index in [0.29, 0.717) is 11.6 Å². The second-order valence-corrected chi connectivity index (χ2v) is 8.14. The van der Waals surface area contributed by atoms with Gasteiger partial charge in [0.25, 0.3) is 0 Å². The smallest absolute Gasteiger partial charge is 0.238 e. The van der Waals surface area contributed by atoms with Gasteiger partial charge in [0.2, 0.25) is 11.9 Å². The molecular weight excluding hydrogens is 398 g/mol. The number of anilines is 2. The molecule has 1 amide bonds. The summed E-state index contributed by atoms with van der Waals surface area (Å²) in [5.41, 5.74) is 4.10. The second-order valence-electron chi connectivity index (χ2n) is 7.71. The summed E-state index contributed by atoms with van der Waals surface area (Å²) in [5.74, 6) is 0.925. The second kappa shape index (κ2) is 8.90. The monoisotopic (exact) mass is 423 g/mol. The summed E-state index contributed by atoms with van der Waals surface area (Å²) >= 11 is 6.15. The third-order valence-electron chi connectivity index (χ3n) is 5.40. The Balaban J connectivity index is 1.35. The third-order valence-corrected chi connectivity index (χ3v) is 5.63. The normalized spacial score (nSPS) is 14.7. The standard InChI is InChI=1S/C23H26ClN5O/c1-17-6-7-18(2)21(14-17)26-22(30)16-27-10-12-28(13-11-27)23-25-8-9-29(23)20-5-3-4-19(24)15-20/h3-9,14-15H,10-13,16H2,1-2H3,(H,26,30). The number of nitrogens with one attached hydrogen (secondary N) is 1. The summed E-state index contributed by atoms with van der Waals surface area (Å²) in [6.45, 7) is 7.68. The summed E-state index contributed by atoms with van der Waals surface area (Å²) in [4.78, 5) is 21.5. The van der Waals surface area contributed by atoms with Crippen molar-refractivity contribution < 1.29 is 4.79 Å². The molecule has 3 aromatic rings. The lowest BCUT2D eigenvalue weighted by Gasteiger charge is -2.35. The Morgan fingerprint density at radius 2 is 1.90 bits per heavy atom. The van der Waals surface area contributed by atoms with Crippen LogP contribution in [0.5, 0.6) is 0 Å². The number of carbonyl (C=O) groups excluding carboxylic acids is 1. The Morgan fingerprint density at radius 1 is 1.10 bits per heavy atom. The van der Waals surface area contributed by atoms with Gasteiger partial charge < -0.3 is 10.2 Å². The Bertz CT molecular complexity index is 1040. The number of benzene rings is 2. The molecule has 1 aliphatic rings. The van der Waals surface area contributed by atoms with Crippen LogP contribution in [-0.2, 0) is 4.79 Å². The number of halogens is 1. The Labute approximate surface area is 182 Å². The van der Waals surface area contributed by atoms with Gasteiger partial charge in [-0.1, -0.05) is 29.8 Å². The lowest BCUT2D eigenvalue weighted by Crippen LogP contribution is -2.49. The van der Waals surface area contributed by atoms with E-state index in [9.17, 15) is 4.79 Å². The number of nitrogens with zero attached hydrogens (tertiary/aromatic N) is 4. The highest BCUT2D eigenvalue weighted by Gasteiger charge is 2.22. The maximum absolute atomic E-state index is 12.5. The highest BCUT2D eigenvalue weighted by Crippen LogP contribution is 2.22. The first-order valence-corrected chi connectivity index (χ1v) is 10.5. The van der Waals surface area contributed by atoms with Crippen LogP contribution in [-0.4, -0.2) is 53.1 Å². The topological polar surface area (TPSA) is 53.4 Å². The molecule has 6 nitrogen and oxygen atoms in total. The zero-order chi connectivity index (χ0) is 21.1. The van der Waals surface area contributed by atoms with E-state index in [1.807, 2.05) is 56.4 Å². The zero-order valence-electron chi connectivity index (χ0n) is 17.3. The molecule has 7 heteroatoms. The van der Waals surface area contributed by atoms with Gasteiger partial charge >= 0.3 is 0 Å². The number of aryl methyl sites for hydroxylation is 2. The fourth-order valence-corrected chi connectivity index (χ4v) is 3.91. The van der Waals surface area contributed by atoms with Crippen LogP contribution < -0.4 is 10.2 Å². The van der Waals surface area contributed by atoms with Gasteiger partial charge in [-0.3, -0.25) is 14.3 Å². The minimum atomic E-state index is 0.0255. The van der Waals surface area contributed by atoms with E-state index in [2.05, 4.69) is 30.7 Å². The molecule has 0 radical (unpaired) electrons. The molecule has 1 fully saturated rings. The first-order valence-electron chi connectivity index (χ1n) is 10.1. The van der Waals surface area contributed by atoms with E-state index in [4.69, 9.17) is 11.6 Å². The van der Waals surface area contributed by atoms with Crippen molar-refractivity contribution in [2.75, 3.05) is 42.9 Å². The fraction of sp³-hybridized carbons (Fsp3) is 0.304. The number of carbonyl (C=O) groups is 1. The number of hydrogen-bond acceptors (Lipinski definition) is 4. The van der Waals surface area contributed by atoms with Crippen molar-refractivity contribution in [3.8, 4) is 5.69 Å². The molecule has 0 unspecified atom stereocenters. The maximum Gasteiger partial charge on any atom is 0.238 e. The largest absolute Gasteiger partial charge is 0.339 e. The average Bonchev–Trinajstić information content (AvgIpc) is 3.21. The molecule has 1 saturated heterocycles. The molecular formula is C23H26ClN5O. The first-order chi connectivity index (χ1) is 14.5. The molecule has 0 saturated carbocycles. The number of amides is 1. The summed E-state index contributed by atoms with van der Waals surface area (Å²) in [7, 11) is 0. The van der Waals surface area contributed by atoms with Gasteiger partial charge in [-0.25, -0.2) is 4.98 Å². The Kier molecular flexibility index (Phi) is 6.06. The third kappa shape index (κ3) is 4.66. The van der Waals surface area contributed by atoms with E-state index in [0.717, 1.165) is 54.6 Å². The van der Waals surface area contributed by atoms with E-state index in [1.165, 1.54) is 0 Å². The van der Waals surface area contributed by atoms with Gasteiger partial charge in [0.1, 0.15) is 0 Å². The van der Waals surface area contributed by atoms with Crippen molar-refractivity contribution in [2.45, 2.75) is 13.8 Å². The minimum Gasteiger partial charge on any atom is -0.339 e. The zero-order valence-corrected chi connectivity index (χ0v) is 18.1. The number of aromatic nitrogens is 2. The highest BCUT2D eigenvalue weighted by molar-refractivity contribution is 6.30. The molecule has 30 heavy (non-hydrogen) atoms. The van der Waals surface area contributed by atoms with Crippen molar-refractivity contribution in [3.05, 3.63) is 71.0 Å². The molecule has 0 aliphatic carbocycles. The molecule has 4 rings (SSSR count). The van der Waals surface area contributed by atoms with Crippen LogP contribution in [0.1, 0.15) is 11.1 Å². The maximum atomic E-state index is 12.5. The van der Waals surface area contributed by atoms with E-state index in [1.54, 1.807) is 6.20 Å². The van der Waals surface area contributed by atoms with Gasteiger partial charge in [-0.2, -0.15) is 0 Å². The van der Waals surface area contributed by atoms with Gasteiger partial charge in [0.15, 0.2) is 0 Å². The van der Waals surface area contributed by atoms with Crippen molar-refractivity contribution in [1.29, 1.82) is 0 Å². The summed E-state index contributed by atoms with van der Waals surface area (Å²) in [6, 6.07) is 13.9. The van der Waals surface area contributed by atoms with Crippen LogP contribution >= 0.6 is 11.6 Å². The first kappa shape index (κ1) is 20.4. The Hall–Kier alpha value is -2.83. The van der Waals surface area contributed by atoms with Crippen molar-refractivity contribution >= 4 is 29.1 Å². The molecule has 2 heterocycles. The molecule has 1 aromatic heterocycles. The number of piperazine rings is 1. The van der Waals surface area contributed by atoms with Gasteiger partial charge in [-0.05, 0) is 49.2 Å². The van der Waals surface area contributed by atoms with Gasteiger partial charge in [0, 0.05) is 55.0 Å². The Morgan fingerprint density at radius 3 is 2.67 bits per heavy atom. The SMILES string of the molecule is Cc1ccc(C)c(NC(=O)CN2CCN(c3nccn3-c3cccc(Cl)c3)CC2)c1. The summed E-state index contributed by atoms with van der Waals surface area (Å²) in [5, 5.41) is 3.75. The minimum absolute atomic E-state index is 0.0255. The van der Waals surface area contributed by atoms with Crippen LogP contribution in [0.2, 0.25) is 5.02 Å². The lowest BCUT2D eigenvalue weighted by molar-refractivity contribution is -0.117. The molecule has 156 valence electrons. The van der Waals surface area contributed by atoms with Crippen molar-refractivity contribution in [1.82, 2.24) is 14.5 Å². The van der Waals surface area contributed by atoms with Crippen LogP contribution in [0, 0.1) is 13.8 Å². The van der Waals surface area contributed by atoms with Crippen molar-refractivity contribution in [2.24, 2.45) is 0 Å². The molecule has 1 N–H and O–H groups in total. The van der Waals surface area contributed by atoms with Crippen molar-refractivity contribution in [3.63, 3.8) is 0 Å². The fourth-order valence-electron chi connectivity index (χ4n) is 3.73. The number of hydrogen-bond donors (Lipinski definition) is 1. The number of rotatable bonds is 5. The van der Waals surface area contributed by atoms with E-state index >= 15 is 0 Å². The molecule has 0 atom stereocenters. The predicted molar refractivity (Wildman–Crippen MR) is 122 cm³/mol. The molecule has 0 bridgehead atoms. The van der Waals surface area contributed by atoms with Gasteiger partial charge in [0.05, 0.1) is 6.54 Å². The van der Waals surface area contributed by atoms with Crippen LogP contribution in [0.25, 0.3) is 5.69 Å². The lowest BCUT2D eigenvalue weighted by atomic mass is 10.1.